The van der Waals surface area contributed by atoms with E-state index in [1.54, 1.807) is 6.20 Å². The SMILES string of the molecule is C=C(C)/C=C(\C=C(/C)CN1CCCC1)c1ccc2[nH]nc(-c3cc4c(-c5cccnc5)nccc4[nH]3)c2n1. The van der Waals surface area contributed by atoms with Crippen molar-refractivity contribution in [3.05, 3.63) is 90.6 Å². The molecule has 1 aliphatic heterocycles. The fourth-order valence-electron chi connectivity index (χ4n) is 5.22. The van der Waals surface area contributed by atoms with Gasteiger partial charge in [0.2, 0.25) is 0 Å². The maximum Gasteiger partial charge on any atom is 0.135 e. The summed E-state index contributed by atoms with van der Waals surface area (Å²) in [5.74, 6) is 0. The monoisotopic (exact) mass is 501 g/mol. The Bertz CT molecular complexity index is 1680. The topological polar surface area (TPSA) is 86.4 Å². The van der Waals surface area contributed by atoms with Crippen molar-refractivity contribution < 1.29 is 0 Å². The molecule has 38 heavy (non-hydrogen) atoms. The standard InChI is InChI=1S/C31H31N7/c1-20(2)15-23(16-21(3)19-38-13-4-5-14-38)25-8-9-27-30(35-25)31(37-36-27)28-17-24-26(34-28)10-12-33-29(24)22-7-6-11-32-18-22/h6-12,15-18,34H,1,4-5,13-14,19H2,2-3H3,(H,36,37)/b21-16+,23-15+. The second-order valence-electron chi connectivity index (χ2n) is 10.1. The number of rotatable bonds is 7. The van der Waals surface area contributed by atoms with Gasteiger partial charge in [-0.05, 0) is 76.2 Å². The van der Waals surface area contributed by atoms with Crippen LogP contribution >= 0.6 is 0 Å². The van der Waals surface area contributed by atoms with Crippen molar-refractivity contribution in [2.45, 2.75) is 26.7 Å². The van der Waals surface area contributed by atoms with E-state index in [0.29, 0.717) is 0 Å². The highest BCUT2D eigenvalue weighted by atomic mass is 15.1. The molecule has 1 saturated heterocycles. The third kappa shape index (κ3) is 4.80. The molecule has 0 spiro atoms. The van der Waals surface area contributed by atoms with Crippen molar-refractivity contribution >= 4 is 27.5 Å². The molecule has 0 amide bonds. The Morgan fingerprint density at radius 2 is 1.89 bits per heavy atom. The number of hydrogen-bond donors (Lipinski definition) is 2. The normalized spacial score (nSPS) is 15.1. The first-order valence-corrected chi connectivity index (χ1v) is 13.1. The highest BCUT2D eigenvalue weighted by molar-refractivity contribution is 5.99. The zero-order chi connectivity index (χ0) is 26.1. The van der Waals surface area contributed by atoms with Gasteiger partial charge in [0.1, 0.15) is 11.2 Å². The molecule has 7 nitrogen and oxygen atoms in total. The van der Waals surface area contributed by atoms with E-state index in [-0.39, 0.29) is 0 Å². The molecule has 6 rings (SSSR count). The summed E-state index contributed by atoms with van der Waals surface area (Å²) in [4.78, 5) is 20.0. The Morgan fingerprint density at radius 1 is 1.03 bits per heavy atom. The molecular formula is C31H31N7. The molecule has 2 N–H and O–H groups in total. The van der Waals surface area contributed by atoms with E-state index in [4.69, 9.17) is 4.98 Å². The van der Waals surface area contributed by atoms with Crippen molar-refractivity contribution in [3.8, 4) is 22.6 Å². The maximum atomic E-state index is 5.09. The number of hydrogen-bond acceptors (Lipinski definition) is 5. The van der Waals surface area contributed by atoms with Gasteiger partial charge in [-0.25, -0.2) is 4.98 Å². The molecule has 1 fully saturated rings. The second kappa shape index (κ2) is 10.2. The molecule has 0 atom stereocenters. The molecule has 0 radical (unpaired) electrons. The lowest BCUT2D eigenvalue weighted by Gasteiger charge is -2.15. The molecule has 0 aromatic carbocycles. The van der Waals surface area contributed by atoms with Gasteiger partial charge in [-0.3, -0.25) is 20.0 Å². The first-order valence-electron chi connectivity index (χ1n) is 13.1. The lowest BCUT2D eigenvalue weighted by molar-refractivity contribution is 0.368. The molecule has 190 valence electrons. The van der Waals surface area contributed by atoms with E-state index in [1.165, 1.54) is 31.5 Å². The van der Waals surface area contributed by atoms with E-state index < -0.39 is 0 Å². The van der Waals surface area contributed by atoms with Gasteiger partial charge in [0.15, 0.2) is 0 Å². The Balaban J connectivity index is 1.40. The van der Waals surface area contributed by atoms with Crippen molar-refractivity contribution in [2.75, 3.05) is 19.6 Å². The minimum Gasteiger partial charge on any atom is -0.353 e. The zero-order valence-electron chi connectivity index (χ0n) is 21.8. The summed E-state index contributed by atoms with van der Waals surface area (Å²) in [5, 5.41) is 8.82. The molecule has 5 aromatic rings. The molecule has 0 saturated carbocycles. The molecular weight excluding hydrogens is 470 g/mol. The fraction of sp³-hybridized carbons (Fsp3) is 0.226. The van der Waals surface area contributed by atoms with Gasteiger partial charge in [-0.15, -0.1) is 0 Å². The van der Waals surface area contributed by atoms with Gasteiger partial charge in [-0.2, -0.15) is 5.10 Å². The summed E-state index contributed by atoms with van der Waals surface area (Å²) >= 11 is 0. The van der Waals surface area contributed by atoms with Crippen LogP contribution in [0.3, 0.4) is 0 Å². The minimum atomic E-state index is 0.780. The number of pyridine rings is 3. The fourth-order valence-corrected chi connectivity index (χ4v) is 5.22. The predicted molar refractivity (Wildman–Crippen MR) is 154 cm³/mol. The van der Waals surface area contributed by atoms with E-state index in [1.807, 2.05) is 43.6 Å². The van der Waals surface area contributed by atoms with Crippen molar-refractivity contribution in [1.82, 2.24) is 35.0 Å². The Kier molecular flexibility index (Phi) is 6.43. The Hall–Kier alpha value is -4.36. The van der Waals surface area contributed by atoms with Crippen LogP contribution in [0.5, 0.6) is 0 Å². The molecule has 7 heteroatoms. The quantitative estimate of drug-likeness (QED) is 0.247. The van der Waals surface area contributed by atoms with Gasteiger partial charge in [0, 0.05) is 47.2 Å². The zero-order valence-corrected chi connectivity index (χ0v) is 21.8. The van der Waals surface area contributed by atoms with Crippen LogP contribution in [0.4, 0.5) is 0 Å². The Morgan fingerprint density at radius 3 is 2.68 bits per heavy atom. The number of aromatic amines is 2. The van der Waals surface area contributed by atoms with Crippen LogP contribution in [0, 0.1) is 0 Å². The smallest absolute Gasteiger partial charge is 0.135 e. The third-order valence-corrected chi connectivity index (χ3v) is 6.92. The largest absolute Gasteiger partial charge is 0.353 e. The second-order valence-corrected chi connectivity index (χ2v) is 10.1. The highest BCUT2D eigenvalue weighted by Gasteiger charge is 2.17. The molecule has 0 aliphatic carbocycles. The van der Waals surface area contributed by atoms with Crippen LogP contribution in [0.25, 0.3) is 50.2 Å². The Labute approximate surface area is 222 Å². The van der Waals surface area contributed by atoms with E-state index in [9.17, 15) is 0 Å². The number of likely N-dealkylation sites (tertiary alicyclic amines) is 1. The number of aromatic nitrogens is 6. The van der Waals surface area contributed by atoms with E-state index >= 15 is 0 Å². The number of allylic oxidation sites excluding steroid dienone is 4. The van der Waals surface area contributed by atoms with E-state index in [0.717, 1.165) is 68.0 Å². The molecule has 6 heterocycles. The minimum absolute atomic E-state index is 0.780. The van der Waals surface area contributed by atoms with Crippen LogP contribution in [-0.4, -0.2) is 54.7 Å². The van der Waals surface area contributed by atoms with Crippen molar-refractivity contribution in [3.63, 3.8) is 0 Å². The van der Waals surface area contributed by atoms with Crippen LogP contribution in [0.15, 0.2) is 84.9 Å². The van der Waals surface area contributed by atoms with Crippen LogP contribution in [-0.2, 0) is 0 Å². The highest BCUT2D eigenvalue weighted by Crippen LogP contribution is 2.33. The van der Waals surface area contributed by atoms with Gasteiger partial charge in [0.25, 0.3) is 0 Å². The van der Waals surface area contributed by atoms with Gasteiger partial charge < -0.3 is 4.98 Å². The average Bonchev–Trinajstić information content (AvgIpc) is 3.67. The average molecular weight is 502 g/mol. The summed E-state index contributed by atoms with van der Waals surface area (Å²) < 4.78 is 0. The lowest BCUT2D eigenvalue weighted by atomic mass is 10.0. The predicted octanol–water partition coefficient (Wildman–Crippen LogP) is 6.56. The van der Waals surface area contributed by atoms with Crippen LogP contribution in [0.2, 0.25) is 0 Å². The van der Waals surface area contributed by atoms with Gasteiger partial charge in [0.05, 0.1) is 22.6 Å². The number of nitrogens with one attached hydrogen (secondary N) is 2. The maximum absolute atomic E-state index is 5.09. The number of H-pyrrole nitrogens is 2. The van der Waals surface area contributed by atoms with Gasteiger partial charge >= 0.3 is 0 Å². The first kappa shape index (κ1) is 24.0. The molecule has 5 aromatic heterocycles. The molecule has 0 unspecified atom stereocenters. The first-order chi connectivity index (χ1) is 18.5. The van der Waals surface area contributed by atoms with Crippen molar-refractivity contribution in [2.24, 2.45) is 0 Å². The van der Waals surface area contributed by atoms with Crippen LogP contribution in [0.1, 0.15) is 32.4 Å². The summed E-state index contributed by atoms with van der Waals surface area (Å²) in [6.07, 6.45) is 12.3. The third-order valence-electron chi connectivity index (χ3n) is 6.92. The summed E-state index contributed by atoms with van der Waals surface area (Å²) in [7, 11) is 0. The number of fused-ring (bicyclic) bond motifs is 2. The summed E-state index contributed by atoms with van der Waals surface area (Å²) in [6, 6.07) is 12.1. The molecule has 1 aliphatic rings. The van der Waals surface area contributed by atoms with E-state index in [2.05, 4.69) is 67.8 Å². The number of nitrogens with zero attached hydrogens (tertiary/aromatic N) is 5. The molecule has 0 bridgehead atoms. The lowest BCUT2D eigenvalue weighted by Crippen LogP contribution is -2.21. The van der Waals surface area contributed by atoms with Gasteiger partial charge in [-0.1, -0.05) is 29.9 Å². The summed E-state index contributed by atoms with van der Waals surface area (Å²) in [5.41, 5.74) is 10.5. The summed E-state index contributed by atoms with van der Waals surface area (Å²) in [6.45, 7) is 11.7. The van der Waals surface area contributed by atoms with Crippen LogP contribution < -0.4 is 0 Å². The van der Waals surface area contributed by atoms with Crippen molar-refractivity contribution in [1.29, 1.82) is 0 Å².